The molecule has 0 fully saturated rings. The van der Waals surface area contributed by atoms with Crippen molar-refractivity contribution in [3.8, 4) is 0 Å². The third-order valence-electron chi connectivity index (χ3n) is 2.39. The number of sulfonamides is 1. The Kier molecular flexibility index (Phi) is 4.05. The number of carboxylic acid groups (broad SMARTS) is 1. The molecule has 0 aliphatic rings. The minimum absolute atomic E-state index is 0.0990. The maximum Gasteiger partial charge on any atom is 0.335 e. The second-order valence-electron chi connectivity index (χ2n) is 3.78. The topological polar surface area (TPSA) is 96.4 Å². The highest BCUT2D eigenvalue weighted by atomic mass is 79.9. The zero-order valence-corrected chi connectivity index (χ0v) is 12.3. The Morgan fingerprint density at radius 3 is 2.65 bits per heavy atom. The van der Waals surface area contributed by atoms with Gasteiger partial charge >= 0.3 is 5.97 Å². The summed E-state index contributed by atoms with van der Waals surface area (Å²) in [4.78, 5) is 14.6. The molecule has 2 aromatic rings. The van der Waals surface area contributed by atoms with Gasteiger partial charge in [-0.1, -0.05) is 6.07 Å². The van der Waals surface area contributed by atoms with Crippen molar-refractivity contribution in [2.45, 2.75) is 4.90 Å². The maximum absolute atomic E-state index is 12.2. The van der Waals surface area contributed by atoms with Gasteiger partial charge in [0.15, 0.2) is 0 Å². The van der Waals surface area contributed by atoms with Gasteiger partial charge in [0.2, 0.25) is 0 Å². The maximum atomic E-state index is 12.2. The molecule has 1 heterocycles. The van der Waals surface area contributed by atoms with Crippen LogP contribution in [0.3, 0.4) is 0 Å². The quantitative estimate of drug-likeness (QED) is 0.819. The van der Waals surface area contributed by atoms with Gasteiger partial charge in [-0.3, -0.25) is 4.72 Å². The van der Waals surface area contributed by atoms with E-state index >= 15 is 0 Å². The third-order valence-corrected chi connectivity index (χ3v) is 4.39. The van der Waals surface area contributed by atoms with Crippen molar-refractivity contribution < 1.29 is 18.3 Å². The van der Waals surface area contributed by atoms with Crippen molar-refractivity contribution in [2.75, 3.05) is 4.72 Å². The third kappa shape index (κ3) is 3.14. The molecule has 0 saturated carbocycles. The van der Waals surface area contributed by atoms with E-state index in [9.17, 15) is 13.2 Å². The van der Waals surface area contributed by atoms with Gasteiger partial charge in [0.1, 0.15) is 4.60 Å². The first kappa shape index (κ1) is 14.5. The fourth-order valence-corrected chi connectivity index (χ4v) is 3.05. The smallest absolute Gasteiger partial charge is 0.335 e. The van der Waals surface area contributed by atoms with Crippen molar-refractivity contribution >= 4 is 37.6 Å². The van der Waals surface area contributed by atoms with Crippen molar-refractivity contribution in [3.05, 3.63) is 52.8 Å². The Morgan fingerprint density at radius 1 is 1.25 bits per heavy atom. The van der Waals surface area contributed by atoms with Crippen LogP contribution in [0.15, 0.2) is 52.1 Å². The van der Waals surface area contributed by atoms with Crippen molar-refractivity contribution in [1.29, 1.82) is 0 Å². The van der Waals surface area contributed by atoms with E-state index in [1.54, 1.807) is 6.07 Å². The number of nitrogens with zero attached hydrogens (tertiary/aromatic N) is 1. The van der Waals surface area contributed by atoms with Gasteiger partial charge in [-0.15, -0.1) is 0 Å². The number of hydrogen-bond acceptors (Lipinski definition) is 4. The molecule has 2 N–H and O–H groups in total. The molecule has 1 aromatic heterocycles. The van der Waals surface area contributed by atoms with Crippen LogP contribution in [0.2, 0.25) is 0 Å². The minimum Gasteiger partial charge on any atom is -0.478 e. The van der Waals surface area contributed by atoms with Crippen LogP contribution in [0, 0.1) is 0 Å². The monoisotopic (exact) mass is 356 g/mol. The highest BCUT2D eigenvalue weighted by Gasteiger charge is 2.17. The largest absolute Gasteiger partial charge is 0.478 e. The van der Waals surface area contributed by atoms with E-state index in [0.717, 1.165) is 6.07 Å². The Bertz CT molecular complexity index is 762. The molecule has 0 atom stereocenters. The average molecular weight is 357 g/mol. The van der Waals surface area contributed by atoms with Crippen LogP contribution < -0.4 is 4.72 Å². The van der Waals surface area contributed by atoms with E-state index in [4.69, 9.17) is 5.11 Å². The zero-order valence-electron chi connectivity index (χ0n) is 9.95. The molecule has 0 aliphatic heterocycles. The van der Waals surface area contributed by atoms with Crippen molar-refractivity contribution in [2.24, 2.45) is 0 Å². The van der Waals surface area contributed by atoms with Crippen LogP contribution in [0.5, 0.6) is 0 Å². The summed E-state index contributed by atoms with van der Waals surface area (Å²) < 4.78 is 27.0. The molecule has 0 radical (unpaired) electrons. The van der Waals surface area contributed by atoms with Crippen LogP contribution in [0.4, 0.5) is 5.69 Å². The summed E-state index contributed by atoms with van der Waals surface area (Å²) >= 11 is 3.13. The average Bonchev–Trinajstić information content (AvgIpc) is 2.41. The van der Waals surface area contributed by atoms with Crippen molar-refractivity contribution in [1.82, 2.24) is 4.98 Å². The van der Waals surface area contributed by atoms with Crippen LogP contribution in [-0.4, -0.2) is 24.5 Å². The van der Waals surface area contributed by atoms with Gasteiger partial charge in [0.05, 0.1) is 16.1 Å². The van der Waals surface area contributed by atoms with E-state index in [1.807, 2.05) is 0 Å². The molecule has 0 aliphatic carbocycles. The van der Waals surface area contributed by atoms with Crippen LogP contribution in [0.25, 0.3) is 0 Å². The highest BCUT2D eigenvalue weighted by molar-refractivity contribution is 9.10. The normalized spacial score (nSPS) is 11.1. The standard InChI is InChI=1S/C12H9BrN2O4S/c13-11-10(5-2-6-14-11)15-20(18,19)9-4-1-3-8(7-9)12(16)17/h1-7,15H,(H,16,17). The molecule has 0 bridgehead atoms. The summed E-state index contributed by atoms with van der Waals surface area (Å²) in [5.74, 6) is -1.19. The number of nitrogens with one attached hydrogen (secondary N) is 1. The molecule has 8 heteroatoms. The van der Waals surface area contributed by atoms with Crippen LogP contribution >= 0.6 is 15.9 Å². The minimum atomic E-state index is -3.88. The van der Waals surface area contributed by atoms with E-state index in [-0.39, 0.29) is 16.1 Å². The molecular weight excluding hydrogens is 348 g/mol. The molecule has 6 nitrogen and oxygen atoms in total. The lowest BCUT2D eigenvalue weighted by Crippen LogP contribution is -2.14. The molecule has 0 unspecified atom stereocenters. The number of carboxylic acids is 1. The highest BCUT2D eigenvalue weighted by Crippen LogP contribution is 2.22. The number of aromatic carboxylic acids is 1. The lowest BCUT2D eigenvalue weighted by molar-refractivity contribution is 0.0696. The summed E-state index contributed by atoms with van der Waals surface area (Å²) in [7, 11) is -3.88. The molecule has 0 amide bonds. The Morgan fingerprint density at radius 2 is 2.00 bits per heavy atom. The first-order chi connectivity index (χ1) is 9.40. The number of aromatic nitrogens is 1. The number of benzene rings is 1. The summed E-state index contributed by atoms with van der Waals surface area (Å²) in [6.45, 7) is 0. The summed E-state index contributed by atoms with van der Waals surface area (Å²) in [6, 6.07) is 8.22. The molecule has 0 spiro atoms. The summed E-state index contributed by atoms with van der Waals surface area (Å²) in [5, 5.41) is 8.88. The van der Waals surface area contributed by atoms with E-state index < -0.39 is 16.0 Å². The number of carbonyl (C=O) groups is 1. The van der Waals surface area contributed by atoms with E-state index in [1.165, 1.54) is 30.5 Å². The molecule has 0 saturated heterocycles. The lowest BCUT2D eigenvalue weighted by atomic mass is 10.2. The fourth-order valence-electron chi connectivity index (χ4n) is 1.46. The first-order valence-electron chi connectivity index (χ1n) is 5.37. The predicted molar refractivity (Wildman–Crippen MR) is 76.1 cm³/mol. The number of hydrogen-bond donors (Lipinski definition) is 2. The van der Waals surface area contributed by atoms with Gasteiger partial charge in [0, 0.05) is 6.20 Å². The van der Waals surface area contributed by atoms with Crippen LogP contribution in [0.1, 0.15) is 10.4 Å². The number of halogens is 1. The van der Waals surface area contributed by atoms with E-state index in [0.29, 0.717) is 4.60 Å². The second-order valence-corrected chi connectivity index (χ2v) is 6.21. The molecule has 104 valence electrons. The number of pyridine rings is 1. The Balaban J connectivity index is 2.38. The number of anilines is 1. The molecule has 1 aromatic carbocycles. The van der Waals surface area contributed by atoms with E-state index in [2.05, 4.69) is 25.6 Å². The Hall–Kier alpha value is -1.93. The van der Waals surface area contributed by atoms with Gasteiger partial charge in [-0.05, 0) is 46.3 Å². The molecule has 20 heavy (non-hydrogen) atoms. The SMILES string of the molecule is O=C(O)c1cccc(S(=O)(=O)Nc2cccnc2Br)c1. The van der Waals surface area contributed by atoms with Gasteiger partial charge in [-0.2, -0.15) is 0 Å². The summed E-state index contributed by atoms with van der Waals surface area (Å²) in [6.07, 6.45) is 1.51. The fraction of sp³-hybridized carbons (Fsp3) is 0. The second kappa shape index (κ2) is 5.59. The molecular formula is C12H9BrN2O4S. The Labute approximate surface area is 123 Å². The number of rotatable bonds is 4. The van der Waals surface area contributed by atoms with Gasteiger partial charge < -0.3 is 5.11 Å². The van der Waals surface area contributed by atoms with Crippen molar-refractivity contribution in [3.63, 3.8) is 0 Å². The first-order valence-corrected chi connectivity index (χ1v) is 7.64. The lowest BCUT2D eigenvalue weighted by Gasteiger charge is -2.09. The summed E-state index contributed by atoms with van der Waals surface area (Å²) in [5.41, 5.74) is 0.173. The molecule has 2 rings (SSSR count). The zero-order chi connectivity index (χ0) is 14.8. The predicted octanol–water partition coefficient (Wildman–Crippen LogP) is 2.34. The van der Waals surface area contributed by atoms with Gasteiger partial charge in [0.25, 0.3) is 10.0 Å². The van der Waals surface area contributed by atoms with Crippen LogP contribution in [-0.2, 0) is 10.0 Å². The van der Waals surface area contributed by atoms with Gasteiger partial charge in [-0.25, -0.2) is 18.2 Å².